The fourth-order valence-corrected chi connectivity index (χ4v) is 3.65. The van der Waals surface area contributed by atoms with Gasteiger partial charge < -0.3 is 10.6 Å². The number of allylic oxidation sites excluding steroid dienone is 7. The molecule has 0 heterocycles. The third-order valence-electron chi connectivity index (χ3n) is 5.51. The van der Waals surface area contributed by atoms with Gasteiger partial charge in [-0.15, -0.1) is 6.42 Å². The molecule has 1 aliphatic carbocycles. The zero-order chi connectivity index (χ0) is 26.7. The van der Waals surface area contributed by atoms with E-state index in [0.29, 0.717) is 11.5 Å². The van der Waals surface area contributed by atoms with E-state index < -0.39 is 11.8 Å². The Bertz CT molecular complexity index is 1170. The molecule has 2 N–H and O–H groups in total. The van der Waals surface area contributed by atoms with Gasteiger partial charge in [0.15, 0.2) is 0 Å². The van der Waals surface area contributed by atoms with Crippen LogP contribution in [0.3, 0.4) is 0 Å². The van der Waals surface area contributed by atoms with Crippen LogP contribution in [0.15, 0.2) is 95.6 Å². The first-order valence-electron chi connectivity index (χ1n) is 11.8. The highest BCUT2D eigenvalue weighted by molar-refractivity contribution is 6.10. The molecule has 1 aliphatic rings. The summed E-state index contributed by atoms with van der Waals surface area (Å²) in [5.41, 5.74) is 3.64. The van der Waals surface area contributed by atoms with E-state index in [1.54, 1.807) is 18.4 Å². The SMILES string of the molecule is C#CC1CC=C(NC(=O)Cc2ccc(/C(C=NC(=C)N/C(C=C)=C/CC)=C/C)cc2)C=C1C(C)(F)F. The first-order chi connectivity index (χ1) is 17.1. The lowest BCUT2D eigenvalue weighted by Gasteiger charge is -2.24. The summed E-state index contributed by atoms with van der Waals surface area (Å²) < 4.78 is 27.8. The Kier molecular flexibility index (Phi) is 10.4. The van der Waals surface area contributed by atoms with Crippen molar-refractivity contribution in [2.75, 3.05) is 0 Å². The van der Waals surface area contributed by atoms with Crippen molar-refractivity contribution in [2.45, 2.75) is 46.0 Å². The maximum absolute atomic E-state index is 13.9. The van der Waals surface area contributed by atoms with Crippen molar-refractivity contribution in [3.05, 3.63) is 102 Å². The number of nitrogens with one attached hydrogen (secondary N) is 2. The molecule has 1 aromatic rings. The van der Waals surface area contributed by atoms with Crippen LogP contribution in [0, 0.1) is 18.3 Å². The van der Waals surface area contributed by atoms with E-state index in [1.807, 2.05) is 50.3 Å². The molecular weight excluding hydrogens is 456 g/mol. The molecule has 6 heteroatoms. The molecule has 0 aliphatic heterocycles. The molecule has 0 saturated heterocycles. The predicted octanol–water partition coefficient (Wildman–Crippen LogP) is 6.48. The van der Waals surface area contributed by atoms with E-state index in [-0.39, 0.29) is 24.3 Å². The number of aliphatic imine (C=N–C) groups is 1. The number of amides is 1. The standard InChI is InChI=1S/C30H33F2N3O/c1-7-11-26(10-4)34-21(5)33-20-24(9-3)25-14-12-22(13-15-25)18-29(36)35-27-17-16-23(8-2)28(19-27)30(6,31)32/h2,9-15,17,19-20,23,34H,4-5,7,16,18H2,1,3,6H3,(H,35,36)/b24-9+,26-11+,33-20?. The second-order valence-electron chi connectivity index (χ2n) is 8.37. The van der Waals surface area contributed by atoms with Gasteiger partial charge in [0.2, 0.25) is 5.91 Å². The Morgan fingerprint density at radius 1 is 1.33 bits per heavy atom. The van der Waals surface area contributed by atoms with Gasteiger partial charge in [0.1, 0.15) is 5.82 Å². The Balaban J connectivity index is 2.02. The van der Waals surface area contributed by atoms with Crippen molar-refractivity contribution in [1.29, 1.82) is 0 Å². The van der Waals surface area contributed by atoms with E-state index in [2.05, 4.69) is 34.7 Å². The zero-order valence-corrected chi connectivity index (χ0v) is 21.1. The fraction of sp³-hybridized carbons (Fsp3) is 0.267. The molecule has 1 unspecified atom stereocenters. The first-order valence-corrected chi connectivity index (χ1v) is 11.8. The van der Waals surface area contributed by atoms with Crippen molar-refractivity contribution in [3.63, 3.8) is 0 Å². The van der Waals surface area contributed by atoms with Crippen LogP contribution in [0.1, 0.15) is 44.7 Å². The molecule has 2 rings (SSSR count). The maximum Gasteiger partial charge on any atom is 0.268 e. The van der Waals surface area contributed by atoms with Gasteiger partial charge in [-0.1, -0.05) is 68.5 Å². The van der Waals surface area contributed by atoms with Crippen molar-refractivity contribution in [1.82, 2.24) is 10.6 Å². The summed E-state index contributed by atoms with van der Waals surface area (Å²) >= 11 is 0. The molecule has 0 bridgehead atoms. The average molecular weight is 490 g/mol. The van der Waals surface area contributed by atoms with Gasteiger partial charge in [-0.2, -0.15) is 0 Å². The molecule has 36 heavy (non-hydrogen) atoms. The smallest absolute Gasteiger partial charge is 0.268 e. The molecule has 188 valence electrons. The lowest BCUT2D eigenvalue weighted by molar-refractivity contribution is -0.119. The zero-order valence-electron chi connectivity index (χ0n) is 21.1. The summed E-state index contributed by atoms with van der Waals surface area (Å²) in [6.45, 7) is 12.4. The molecule has 0 fully saturated rings. The van der Waals surface area contributed by atoms with E-state index in [1.165, 1.54) is 6.08 Å². The third-order valence-corrected chi connectivity index (χ3v) is 5.51. The molecule has 1 amide bonds. The van der Waals surface area contributed by atoms with Crippen LogP contribution in [0.2, 0.25) is 0 Å². The Hall–Kier alpha value is -3.98. The number of carbonyl (C=O) groups is 1. The van der Waals surface area contributed by atoms with E-state index in [9.17, 15) is 13.6 Å². The van der Waals surface area contributed by atoms with Crippen molar-refractivity contribution >= 4 is 17.7 Å². The van der Waals surface area contributed by atoms with E-state index >= 15 is 0 Å². The summed E-state index contributed by atoms with van der Waals surface area (Å²) in [4.78, 5) is 16.9. The normalized spacial score (nSPS) is 16.6. The van der Waals surface area contributed by atoms with E-state index in [4.69, 9.17) is 6.42 Å². The number of hydrogen-bond donors (Lipinski definition) is 2. The molecule has 0 spiro atoms. The number of rotatable bonds is 11. The van der Waals surface area contributed by atoms with Crippen LogP contribution in [0.5, 0.6) is 0 Å². The van der Waals surface area contributed by atoms with Gasteiger partial charge in [0, 0.05) is 30.1 Å². The molecular formula is C30H33F2N3O. The second-order valence-corrected chi connectivity index (χ2v) is 8.37. The average Bonchev–Trinajstić information content (AvgIpc) is 2.84. The van der Waals surface area contributed by atoms with Gasteiger partial charge >= 0.3 is 0 Å². The van der Waals surface area contributed by atoms with Crippen molar-refractivity contribution < 1.29 is 13.6 Å². The van der Waals surface area contributed by atoms with Crippen LogP contribution in [0.25, 0.3) is 5.57 Å². The second kappa shape index (κ2) is 13.2. The van der Waals surface area contributed by atoms with Gasteiger partial charge in [-0.05, 0) is 48.6 Å². The number of terminal acetylenes is 1. The number of halogens is 2. The maximum atomic E-state index is 13.9. The summed E-state index contributed by atoms with van der Waals surface area (Å²) in [5, 5.41) is 5.81. The van der Waals surface area contributed by atoms with Gasteiger partial charge in [-0.25, -0.2) is 13.8 Å². The Morgan fingerprint density at radius 3 is 2.58 bits per heavy atom. The molecule has 0 aromatic heterocycles. The third kappa shape index (κ3) is 8.35. The summed E-state index contributed by atoms with van der Waals surface area (Å²) in [7, 11) is 0. The molecule has 1 aromatic carbocycles. The highest BCUT2D eigenvalue weighted by Gasteiger charge is 2.34. The lowest BCUT2D eigenvalue weighted by Crippen LogP contribution is -2.28. The molecule has 4 nitrogen and oxygen atoms in total. The number of carbonyl (C=O) groups excluding carboxylic acids is 1. The molecule has 0 saturated carbocycles. The quantitative estimate of drug-likeness (QED) is 0.212. The van der Waals surface area contributed by atoms with Crippen LogP contribution >= 0.6 is 0 Å². The predicted molar refractivity (Wildman–Crippen MR) is 145 cm³/mol. The van der Waals surface area contributed by atoms with Crippen molar-refractivity contribution in [2.24, 2.45) is 10.9 Å². The van der Waals surface area contributed by atoms with Crippen molar-refractivity contribution in [3.8, 4) is 12.3 Å². The highest BCUT2D eigenvalue weighted by Crippen LogP contribution is 2.34. The number of nitrogens with zero attached hydrogens (tertiary/aromatic N) is 1. The van der Waals surface area contributed by atoms with Gasteiger partial charge in [0.05, 0.1) is 12.3 Å². The topological polar surface area (TPSA) is 53.5 Å². The lowest BCUT2D eigenvalue weighted by atomic mass is 9.87. The minimum atomic E-state index is -3.05. The fourth-order valence-electron chi connectivity index (χ4n) is 3.65. The molecule has 0 radical (unpaired) electrons. The van der Waals surface area contributed by atoms with Gasteiger partial charge in [-0.3, -0.25) is 4.79 Å². The number of benzene rings is 1. The highest BCUT2D eigenvalue weighted by atomic mass is 19.3. The Labute approximate surface area is 213 Å². The van der Waals surface area contributed by atoms with Crippen LogP contribution in [-0.4, -0.2) is 18.0 Å². The summed E-state index contributed by atoms with van der Waals surface area (Å²) in [6, 6.07) is 7.51. The summed E-state index contributed by atoms with van der Waals surface area (Å²) in [5.74, 6) is -1.13. The van der Waals surface area contributed by atoms with Crippen LogP contribution in [0.4, 0.5) is 8.78 Å². The largest absolute Gasteiger partial charge is 0.341 e. The number of hydrogen-bond acceptors (Lipinski definition) is 3. The molecule has 1 atom stereocenters. The van der Waals surface area contributed by atoms with Gasteiger partial charge in [0.25, 0.3) is 5.92 Å². The minimum absolute atomic E-state index is 0.107. The first kappa shape index (κ1) is 28.3. The monoisotopic (exact) mass is 489 g/mol. The van der Waals surface area contributed by atoms with E-state index in [0.717, 1.165) is 35.7 Å². The Morgan fingerprint density at radius 2 is 2.03 bits per heavy atom. The summed E-state index contributed by atoms with van der Waals surface area (Å²) in [6.07, 6.45) is 16.9. The minimum Gasteiger partial charge on any atom is -0.341 e. The number of alkyl halides is 2. The van der Waals surface area contributed by atoms with Crippen LogP contribution in [-0.2, 0) is 11.2 Å². The van der Waals surface area contributed by atoms with Crippen LogP contribution < -0.4 is 10.6 Å².